The number of nitrogens with one attached hydrogen (secondary N) is 2. The van der Waals surface area contributed by atoms with Gasteiger partial charge in [-0.1, -0.05) is 12.8 Å². The van der Waals surface area contributed by atoms with Crippen molar-refractivity contribution in [2.75, 3.05) is 13.1 Å². The topological polar surface area (TPSA) is 50.4 Å². The Hall–Kier alpha value is -0.610. The van der Waals surface area contributed by atoms with Gasteiger partial charge in [-0.3, -0.25) is 4.79 Å². The number of piperidine rings is 1. The van der Waals surface area contributed by atoms with Crippen molar-refractivity contribution in [2.24, 2.45) is 0 Å². The Morgan fingerprint density at radius 3 is 2.83 bits per heavy atom. The molecule has 1 amide bonds. The van der Waals surface area contributed by atoms with Crippen LogP contribution in [-0.4, -0.2) is 36.7 Å². The highest BCUT2D eigenvalue weighted by Crippen LogP contribution is 2.43. The number of hydrogen-bond acceptors (Lipinski definition) is 3. The van der Waals surface area contributed by atoms with Gasteiger partial charge in [-0.2, -0.15) is 0 Å². The maximum absolute atomic E-state index is 11.1. The van der Waals surface area contributed by atoms with Crippen LogP contribution in [0.25, 0.3) is 0 Å². The van der Waals surface area contributed by atoms with Gasteiger partial charge >= 0.3 is 0 Å². The van der Waals surface area contributed by atoms with E-state index < -0.39 is 0 Å². The minimum absolute atomic E-state index is 0.190. The van der Waals surface area contributed by atoms with Crippen molar-refractivity contribution in [3.63, 3.8) is 0 Å². The Kier molecular flexibility index (Phi) is 3.57. The van der Waals surface area contributed by atoms with Gasteiger partial charge in [0, 0.05) is 25.6 Å². The van der Waals surface area contributed by atoms with E-state index in [2.05, 4.69) is 10.6 Å². The Bertz CT molecular complexity index is 303. The Labute approximate surface area is 109 Å². The van der Waals surface area contributed by atoms with Crippen LogP contribution in [0.2, 0.25) is 0 Å². The number of ether oxygens (including phenoxy) is 1. The third kappa shape index (κ3) is 2.69. The second-order valence-corrected chi connectivity index (χ2v) is 6.12. The maximum atomic E-state index is 11.1. The molecule has 2 heterocycles. The maximum Gasteiger partial charge on any atom is 0.220 e. The molecule has 4 nitrogen and oxygen atoms in total. The third-order valence-electron chi connectivity index (χ3n) is 4.75. The van der Waals surface area contributed by atoms with E-state index in [0.29, 0.717) is 18.6 Å². The first kappa shape index (κ1) is 12.4. The van der Waals surface area contributed by atoms with Gasteiger partial charge in [0.05, 0.1) is 11.7 Å². The predicted molar refractivity (Wildman–Crippen MR) is 69.3 cm³/mol. The van der Waals surface area contributed by atoms with Crippen molar-refractivity contribution in [3.05, 3.63) is 0 Å². The van der Waals surface area contributed by atoms with E-state index in [4.69, 9.17) is 4.74 Å². The van der Waals surface area contributed by atoms with Gasteiger partial charge in [0.15, 0.2) is 0 Å². The first-order chi connectivity index (χ1) is 8.76. The molecule has 2 saturated heterocycles. The minimum Gasteiger partial charge on any atom is -0.370 e. The van der Waals surface area contributed by atoms with E-state index in [1.807, 2.05) is 0 Å². The van der Waals surface area contributed by atoms with Crippen LogP contribution in [-0.2, 0) is 9.53 Å². The molecule has 0 aromatic heterocycles. The SMILES string of the molecule is O=C1CCC(NCC2CCC3(CCCC3)O2)CN1. The van der Waals surface area contributed by atoms with Gasteiger partial charge < -0.3 is 15.4 Å². The molecule has 1 saturated carbocycles. The van der Waals surface area contributed by atoms with Crippen molar-refractivity contribution >= 4 is 5.91 Å². The third-order valence-corrected chi connectivity index (χ3v) is 4.75. The normalized spacial score (nSPS) is 35.0. The summed E-state index contributed by atoms with van der Waals surface area (Å²) in [6.45, 7) is 1.72. The Balaban J connectivity index is 1.40. The van der Waals surface area contributed by atoms with Gasteiger partial charge in [-0.25, -0.2) is 0 Å². The summed E-state index contributed by atoms with van der Waals surface area (Å²) in [5.74, 6) is 0.190. The molecule has 2 aliphatic heterocycles. The molecule has 2 atom stereocenters. The van der Waals surface area contributed by atoms with Gasteiger partial charge in [0.2, 0.25) is 5.91 Å². The molecule has 0 aromatic rings. The monoisotopic (exact) mass is 252 g/mol. The van der Waals surface area contributed by atoms with Crippen LogP contribution in [0.3, 0.4) is 0 Å². The van der Waals surface area contributed by atoms with Gasteiger partial charge in [0.25, 0.3) is 0 Å². The lowest BCUT2D eigenvalue weighted by molar-refractivity contribution is -0.122. The largest absolute Gasteiger partial charge is 0.370 e. The van der Waals surface area contributed by atoms with Crippen molar-refractivity contribution < 1.29 is 9.53 Å². The fourth-order valence-electron chi connectivity index (χ4n) is 3.63. The number of carbonyl (C=O) groups is 1. The van der Waals surface area contributed by atoms with E-state index in [1.165, 1.54) is 38.5 Å². The summed E-state index contributed by atoms with van der Waals surface area (Å²) in [4.78, 5) is 11.1. The van der Waals surface area contributed by atoms with Crippen LogP contribution in [0.5, 0.6) is 0 Å². The van der Waals surface area contributed by atoms with Crippen LogP contribution in [0.4, 0.5) is 0 Å². The lowest BCUT2D eigenvalue weighted by Crippen LogP contribution is -2.47. The quantitative estimate of drug-likeness (QED) is 0.797. The average molecular weight is 252 g/mol. The summed E-state index contributed by atoms with van der Waals surface area (Å²) in [5.41, 5.74) is 0.243. The number of rotatable bonds is 3. The second kappa shape index (κ2) is 5.17. The highest BCUT2D eigenvalue weighted by atomic mass is 16.5. The van der Waals surface area contributed by atoms with Crippen LogP contribution in [0.1, 0.15) is 51.4 Å². The zero-order valence-electron chi connectivity index (χ0n) is 11.0. The molecule has 2 N–H and O–H groups in total. The van der Waals surface area contributed by atoms with Crippen molar-refractivity contribution in [2.45, 2.75) is 69.1 Å². The lowest BCUT2D eigenvalue weighted by atomic mass is 9.98. The molecule has 0 radical (unpaired) electrons. The predicted octanol–water partition coefficient (Wildman–Crippen LogP) is 1.35. The number of hydrogen-bond donors (Lipinski definition) is 2. The first-order valence-corrected chi connectivity index (χ1v) is 7.44. The molecule has 18 heavy (non-hydrogen) atoms. The number of carbonyl (C=O) groups excluding carboxylic acids is 1. The van der Waals surface area contributed by atoms with Crippen molar-refractivity contribution in [1.29, 1.82) is 0 Å². The van der Waals surface area contributed by atoms with E-state index >= 15 is 0 Å². The van der Waals surface area contributed by atoms with Crippen LogP contribution >= 0.6 is 0 Å². The van der Waals surface area contributed by atoms with Crippen molar-refractivity contribution in [3.8, 4) is 0 Å². The smallest absolute Gasteiger partial charge is 0.220 e. The first-order valence-electron chi connectivity index (χ1n) is 7.44. The zero-order valence-corrected chi connectivity index (χ0v) is 11.0. The van der Waals surface area contributed by atoms with Crippen LogP contribution < -0.4 is 10.6 Å². The summed E-state index contributed by atoms with van der Waals surface area (Å²) >= 11 is 0. The average Bonchev–Trinajstić information content (AvgIpc) is 3.00. The molecule has 0 aromatic carbocycles. The molecule has 1 spiro atoms. The molecule has 102 valence electrons. The van der Waals surface area contributed by atoms with Gasteiger partial charge in [0.1, 0.15) is 0 Å². The fourth-order valence-corrected chi connectivity index (χ4v) is 3.63. The van der Waals surface area contributed by atoms with E-state index in [-0.39, 0.29) is 11.5 Å². The highest BCUT2D eigenvalue weighted by Gasteiger charge is 2.42. The Morgan fingerprint density at radius 1 is 1.28 bits per heavy atom. The molecule has 0 bridgehead atoms. The molecular formula is C14H24N2O2. The fraction of sp³-hybridized carbons (Fsp3) is 0.929. The van der Waals surface area contributed by atoms with Crippen molar-refractivity contribution in [1.82, 2.24) is 10.6 Å². The molecule has 3 aliphatic rings. The van der Waals surface area contributed by atoms with Gasteiger partial charge in [-0.15, -0.1) is 0 Å². The second-order valence-electron chi connectivity index (χ2n) is 6.12. The molecule has 2 unspecified atom stereocenters. The highest BCUT2D eigenvalue weighted by molar-refractivity contribution is 5.76. The molecular weight excluding hydrogens is 228 g/mol. The number of amides is 1. The Morgan fingerprint density at radius 2 is 2.11 bits per heavy atom. The van der Waals surface area contributed by atoms with E-state index in [9.17, 15) is 4.79 Å². The summed E-state index contributed by atoms with van der Waals surface area (Å²) in [6, 6.07) is 0.437. The standard InChI is InChI=1S/C14H24N2O2/c17-13-4-3-11(9-16-13)15-10-12-5-8-14(18-12)6-1-2-7-14/h11-12,15H,1-10H2,(H,16,17). The van der Waals surface area contributed by atoms with Crippen LogP contribution in [0, 0.1) is 0 Å². The molecule has 1 aliphatic carbocycles. The summed E-state index contributed by atoms with van der Waals surface area (Å²) < 4.78 is 6.27. The minimum atomic E-state index is 0.190. The van der Waals surface area contributed by atoms with E-state index in [0.717, 1.165) is 19.5 Å². The molecule has 3 rings (SSSR count). The zero-order chi connectivity index (χ0) is 12.4. The lowest BCUT2D eigenvalue weighted by Gasteiger charge is -2.27. The summed E-state index contributed by atoms with van der Waals surface area (Å²) in [6.07, 6.45) is 9.68. The van der Waals surface area contributed by atoms with Gasteiger partial charge in [-0.05, 0) is 32.1 Å². The molecule has 3 fully saturated rings. The van der Waals surface area contributed by atoms with E-state index in [1.54, 1.807) is 0 Å². The van der Waals surface area contributed by atoms with Crippen LogP contribution in [0.15, 0.2) is 0 Å². The summed E-state index contributed by atoms with van der Waals surface area (Å²) in [5, 5.41) is 6.46. The summed E-state index contributed by atoms with van der Waals surface area (Å²) in [7, 11) is 0. The molecule has 4 heteroatoms.